The first-order valence-electron chi connectivity index (χ1n) is 11.4. The van der Waals surface area contributed by atoms with E-state index in [2.05, 4.69) is 74.2 Å². The number of hydrogen-bond acceptors (Lipinski definition) is 1. The summed E-state index contributed by atoms with van der Waals surface area (Å²) in [6, 6.07) is 21.5. The maximum absolute atomic E-state index is 10.7. The Kier molecular flexibility index (Phi) is 6.06. The molecule has 1 heteroatoms. The van der Waals surface area contributed by atoms with Crippen LogP contribution in [-0.4, -0.2) is 11.2 Å². The Labute approximate surface area is 176 Å². The molecule has 152 valence electrons. The number of allylic oxidation sites excluding steroid dienone is 3. The summed E-state index contributed by atoms with van der Waals surface area (Å²) in [5.74, 6) is 0.460. The highest BCUT2D eigenvalue weighted by Gasteiger charge is 2.55. The van der Waals surface area contributed by atoms with E-state index in [9.17, 15) is 5.11 Å². The van der Waals surface area contributed by atoms with Crippen molar-refractivity contribution in [2.75, 3.05) is 0 Å². The van der Waals surface area contributed by atoms with Crippen molar-refractivity contribution in [1.29, 1.82) is 0 Å². The molecule has 2 aromatic carbocycles. The van der Waals surface area contributed by atoms with Crippen molar-refractivity contribution in [2.45, 2.75) is 64.4 Å². The van der Waals surface area contributed by atoms with Crippen LogP contribution in [0.3, 0.4) is 0 Å². The van der Waals surface area contributed by atoms with Gasteiger partial charge in [0.25, 0.3) is 0 Å². The van der Waals surface area contributed by atoms with E-state index in [1.165, 1.54) is 54.4 Å². The minimum absolute atomic E-state index is 0.137. The molecule has 2 aliphatic carbocycles. The van der Waals surface area contributed by atoms with Crippen LogP contribution in [0.2, 0.25) is 0 Å². The van der Waals surface area contributed by atoms with Crippen molar-refractivity contribution in [1.82, 2.24) is 0 Å². The first kappa shape index (κ1) is 20.2. The Balaban J connectivity index is 1.80. The number of rotatable bonds is 8. The molecule has 0 bridgehead atoms. The van der Waals surface area contributed by atoms with Gasteiger partial charge >= 0.3 is 0 Å². The molecule has 0 saturated heterocycles. The lowest BCUT2D eigenvalue weighted by Crippen LogP contribution is -2.25. The van der Waals surface area contributed by atoms with E-state index in [0.717, 1.165) is 19.3 Å². The first-order chi connectivity index (χ1) is 14.2. The second-order valence-electron chi connectivity index (χ2n) is 8.97. The fourth-order valence-corrected chi connectivity index (χ4v) is 5.91. The molecular formula is C28H34O. The van der Waals surface area contributed by atoms with Crippen LogP contribution < -0.4 is 0 Å². The standard InChI is InChI=1S/C28H34O/c1-3-4-5-8-17-24-18-25-19-26(29)20-28(25,21(2)22-13-9-6-10-14-22)27(24)23-15-11-7-12-16-23/h6-7,9-16,25-26,29H,2-5,8,17-20H2,1H3/t25-,26-,28-/m0/s1. The quantitative estimate of drug-likeness (QED) is 0.472. The van der Waals surface area contributed by atoms with Gasteiger partial charge in [-0.25, -0.2) is 0 Å². The number of unbranched alkanes of at least 4 members (excludes halogenated alkanes) is 3. The molecule has 2 aromatic rings. The molecule has 0 aromatic heterocycles. The zero-order valence-electron chi connectivity index (χ0n) is 17.7. The normalized spacial score (nSPS) is 26.0. The van der Waals surface area contributed by atoms with Gasteiger partial charge in [0, 0.05) is 5.41 Å². The lowest BCUT2D eigenvalue weighted by molar-refractivity contribution is 0.174. The van der Waals surface area contributed by atoms with Crippen molar-refractivity contribution in [3.05, 3.63) is 83.9 Å². The van der Waals surface area contributed by atoms with Gasteiger partial charge in [-0.2, -0.15) is 0 Å². The van der Waals surface area contributed by atoms with Gasteiger partial charge < -0.3 is 5.11 Å². The van der Waals surface area contributed by atoms with Gasteiger partial charge in [-0.3, -0.25) is 0 Å². The van der Waals surface area contributed by atoms with Crippen LogP contribution in [-0.2, 0) is 0 Å². The van der Waals surface area contributed by atoms with Gasteiger partial charge in [-0.15, -0.1) is 0 Å². The van der Waals surface area contributed by atoms with Crippen molar-refractivity contribution < 1.29 is 5.11 Å². The molecule has 29 heavy (non-hydrogen) atoms. The number of benzene rings is 2. The second-order valence-corrected chi connectivity index (χ2v) is 8.97. The van der Waals surface area contributed by atoms with Crippen molar-refractivity contribution in [3.63, 3.8) is 0 Å². The molecule has 0 radical (unpaired) electrons. The van der Waals surface area contributed by atoms with E-state index >= 15 is 0 Å². The van der Waals surface area contributed by atoms with Gasteiger partial charge in [0.1, 0.15) is 0 Å². The highest BCUT2D eigenvalue weighted by molar-refractivity contribution is 5.90. The molecule has 4 rings (SSSR count). The van der Waals surface area contributed by atoms with Crippen molar-refractivity contribution >= 4 is 11.1 Å². The van der Waals surface area contributed by atoms with Gasteiger partial charge in [0.05, 0.1) is 6.10 Å². The summed E-state index contributed by atoms with van der Waals surface area (Å²) in [5.41, 5.74) is 6.69. The Bertz CT molecular complexity index is 864. The van der Waals surface area contributed by atoms with Crippen LogP contribution >= 0.6 is 0 Å². The molecule has 0 spiro atoms. The summed E-state index contributed by atoms with van der Waals surface area (Å²) in [6.45, 7) is 6.92. The average molecular weight is 387 g/mol. The number of fused-ring (bicyclic) bond motifs is 1. The number of aliphatic hydroxyl groups is 1. The van der Waals surface area contributed by atoms with E-state index in [0.29, 0.717) is 5.92 Å². The Morgan fingerprint density at radius 3 is 2.38 bits per heavy atom. The maximum Gasteiger partial charge on any atom is 0.0555 e. The van der Waals surface area contributed by atoms with Crippen molar-refractivity contribution in [2.24, 2.45) is 11.3 Å². The number of hydrogen-bond donors (Lipinski definition) is 1. The third-order valence-electron chi connectivity index (χ3n) is 7.16. The average Bonchev–Trinajstić information content (AvgIpc) is 3.23. The highest BCUT2D eigenvalue weighted by Crippen LogP contribution is 2.66. The van der Waals surface area contributed by atoms with Crippen LogP contribution in [0.4, 0.5) is 0 Å². The van der Waals surface area contributed by atoms with Gasteiger partial charge in [0.15, 0.2) is 0 Å². The van der Waals surface area contributed by atoms with Crippen LogP contribution in [0.25, 0.3) is 11.1 Å². The van der Waals surface area contributed by atoms with E-state index < -0.39 is 0 Å². The fraction of sp³-hybridized carbons (Fsp3) is 0.429. The zero-order chi connectivity index (χ0) is 20.3. The monoisotopic (exact) mass is 386 g/mol. The maximum atomic E-state index is 10.7. The van der Waals surface area contributed by atoms with Crippen LogP contribution in [0, 0.1) is 11.3 Å². The Hall–Kier alpha value is -2.12. The molecule has 2 aliphatic rings. The molecule has 0 unspecified atom stereocenters. The summed E-state index contributed by atoms with van der Waals surface area (Å²) < 4.78 is 0. The molecule has 0 aliphatic heterocycles. The molecule has 1 nitrogen and oxygen atoms in total. The minimum atomic E-state index is -0.235. The summed E-state index contributed by atoms with van der Waals surface area (Å²) in [4.78, 5) is 0. The molecule has 0 amide bonds. The Morgan fingerprint density at radius 2 is 1.69 bits per heavy atom. The topological polar surface area (TPSA) is 20.2 Å². The van der Waals surface area contributed by atoms with Gasteiger partial charge in [0.2, 0.25) is 0 Å². The summed E-state index contributed by atoms with van der Waals surface area (Å²) in [6.07, 6.45) is 8.91. The molecule has 1 N–H and O–H groups in total. The van der Waals surface area contributed by atoms with Crippen LogP contribution in [0.1, 0.15) is 69.4 Å². The van der Waals surface area contributed by atoms with Gasteiger partial charge in [-0.05, 0) is 60.3 Å². The third kappa shape index (κ3) is 3.73. The smallest absolute Gasteiger partial charge is 0.0555 e. The predicted molar refractivity (Wildman–Crippen MR) is 123 cm³/mol. The predicted octanol–water partition coefficient (Wildman–Crippen LogP) is 7.29. The van der Waals surface area contributed by atoms with Crippen LogP contribution in [0.5, 0.6) is 0 Å². The van der Waals surface area contributed by atoms with E-state index in [1.54, 1.807) is 5.57 Å². The van der Waals surface area contributed by atoms with E-state index in [1.807, 2.05) is 0 Å². The highest BCUT2D eigenvalue weighted by atomic mass is 16.3. The lowest BCUT2D eigenvalue weighted by atomic mass is 9.66. The first-order valence-corrected chi connectivity index (χ1v) is 11.4. The summed E-state index contributed by atoms with van der Waals surface area (Å²) in [5, 5.41) is 10.7. The zero-order valence-corrected chi connectivity index (χ0v) is 17.7. The van der Waals surface area contributed by atoms with Gasteiger partial charge in [-0.1, -0.05) is 99.0 Å². The molecule has 0 heterocycles. The Morgan fingerprint density at radius 1 is 1.00 bits per heavy atom. The fourth-order valence-electron chi connectivity index (χ4n) is 5.91. The van der Waals surface area contributed by atoms with E-state index in [4.69, 9.17) is 0 Å². The lowest BCUT2D eigenvalue weighted by Gasteiger charge is -2.36. The molecule has 1 saturated carbocycles. The summed E-state index contributed by atoms with van der Waals surface area (Å²) >= 11 is 0. The number of aliphatic hydroxyl groups excluding tert-OH is 1. The summed E-state index contributed by atoms with van der Waals surface area (Å²) in [7, 11) is 0. The van der Waals surface area contributed by atoms with E-state index in [-0.39, 0.29) is 11.5 Å². The molecule has 1 fully saturated rings. The largest absolute Gasteiger partial charge is 0.393 e. The molecular weight excluding hydrogens is 352 g/mol. The van der Waals surface area contributed by atoms with Crippen LogP contribution in [0.15, 0.2) is 72.8 Å². The third-order valence-corrected chi connectivity index (χ3v) is 7.16. The SMILES string of the molecule is C=C(c1ccccc1)[C@@]12C[C@@H](O)C[C@@H]1CC(CCCCCC)=C2c1ccccc1. The second kappa shape index (κ2) is 8.71. The van der Waals surface area contributed by atoms with Crippen molar-refractivity contribution in [3.8, 4) is 0 Å². The minimum Gasteiger partial charge on any atom is -0.393 e. The molecule has 3 atom stereocenters.